The molecule has 0 atom stereocenters. The van der Waals surface area contributed by atoms with Crippen LogP contribution in [0.3, 0.4) is 0 Å². The highest BCUT2D eigenvalue weighted by Crippen LogP contribution is 2.27. The molecule has 0 fully saturated rings. The SMILES string of the molecule is COCCn1c(C)c(C)c2cc(C(=O)N(C)Cc3cc(C(=O)O)c(C)o3)ccc21. The number of rotatable bonds is 7. The fourth-order valence-corrected chi connectivity index (χ4v) is 3.61. The molecule has 0 aliphatic carbocycles. The van der Waals surface area contributed by atoms with Gasteiger partial charge in [0.15, 0.2) is 0 Å². The lowest BCUT2D eigenvalue weighted by Crippen LogP contribution is -2.26. The second-order valence-corrected chi connectivity index (χ2v) is 7.24. The predicted molar refractivity (Wildman–Crippen MR) is 109 cm³/mol. The minimum Gasteiger partial charge on any atom is -0.478 e. The van der Waals surface area contributed by atoms with E-state index in [2.05, 4.69) is 18.4 Å². The van der Waals surface area contributed by atoms with Gasteiger partial charge in [0.2, 0.25) is 0 Å². The van der Waals surface area contributed by atoms with Crippen molar-refractivity contribution in [3.05, 3.63) is 58.2 Å². The van der Waals surface area contributed by atoms with Gasteiger partial charge in [0.05, 0.1) is 13.2 Å². The van der Waals surface area contributed by atoms with Crippen molar-refractivity contribution in [1.29, 1.82) is 0 Å². The summed E-state index contributed by atoms with van der Waals surface area (Å²) in [6, 6.07) is 7.16. The number of carbonyl (C=O) groups is 2. The molecule has 0 bridgehead atoms. The lowest BCUT2D eigenvalue weighted by atomic mass is 10.1. The van der Waals surface area contributed by atoms with Crippen LogP contribution in [-0.2, 0) is 17.8 Å². The molecule has 7 heteroatoms. The largest absolute Gasteiger partial charge is 0.478 e. The van der Waals surface area contributed by atoms with Crippen molar-refractivity contribution in [2.75, 3.05) is 20.8 Å². The molecule has 1 amide bonds. The van der Waals surface area contributed by atoms with Crippen LogP contribution in [0.1, 0.15) is 43.5 Å². The van der Waals surface area contributed by atoms with E-state index in [4.69, 9.17) is 14.3 Å². The fourth-order valence-electron chi connectivity index (χ4n) is 3.61. The van der Waals surface area contributed by atoms with Gasteiger partial charge in [0.25, 0.3) is 5.91 Å². The van der Waals surface area contributed by atoms with Crippen LogP contribution in [0.5, 0.6) is 0 Å². The first-order chi connectivity index (χ1) is 13.7. The summed E-state index contributed by atoms with van der Waals surface area (Å²) in [4.78, 5) is 25.6. The van der Waals surface area contributed by atoms with Crippen LogP contribution in [-0.4, -0.2) is 47.2 Å². The van der Waals surface area contributed by atoms with Gasteiger partial charge in [-0.25, -0.2) is 4.79 Å². The third-order valence-corrected chi connectivity index (χ3v) is 5.34. The Morgan fingerprint density at radius 3 is 2.55 bits per heavy atom. The summed E-state index contributed by atoms with van der Waals surface area (Å²) in [6.45, 7) is 7.29. The molecule has 0 saturated carbocycles. The van der Waals surface area contributed by atoms with Crippen LogP contribution in [0.15, 0.2) is 28.7 Å². The van der Waals surface area contributed by atoms with E-state index in [1.54, 1.807) is 21.1 Å². The van der Waals surface area contributed by atoms with Crippen LogP contribution in [0.4, 0.5) is 0 Å². The van der Waals surface area contributed by atoms with Crippen LogP contribution >= 0.6 is 0 Å². The summed E-state index contributed by atoms with van der Waals surface area (Å²) in [5.41, 5.74) is 4.06. The van der Waals surface area contributed by atoms with Gasteiger partial charge in [-0.15, -0.1) is 0 Å². The number of fused-ring (bicyclic) bond motifs is 1. The molecule has 0 unspecified atom stereocenters. The third kappa shape index (κ3) is 3.91. The molecule has 7 nitrogen and oxygen atoms in total. The Hall–Kier alpha value is -3.06. The average molecular weight is 398 g/mol. The van der Waals surface area contributed by atoms with E-state index in [0.29, 0.717) is 23.7 Å². The number of aryl methyl sites for hydroxylation is 2. The summed E-state index contributed by atoms with van der Waals surface area (Å²) < 4.78 is 12.9. The molecule has 2 aromatic heterocycles. The Balaban J connectivity index is 1.86. The Labute approximate surface area is 169 Å². The summed E-state index contributed by atoms with van der Waals surface area (Å²) in [7, 11) is 3.35. The Morgan fingerprint density at radius 2 is 1.93 bits per heavy atom. The van der Waals surface area contributed by atoms with Crippen LogP contribution < -0.4 is 0 Å². The van der Waals surface area contributed by atoms with Gasteiger partial charge in [-0.05, 0) is 50.6 Å². The zero-order valence-corrected chi connectivity index (χ0v) is 17.4. The Bertz CT molecular complexity index is 1080. The van der Waals surface area contributed by atoms with Crippen molar-refractivity contribution in [2.24, 2.45) is 0 Å². The first kappa shape index (κ1) is 20.7. The number of ether oxygens (including phenoxy) is 1. The summed E-state index contributed by atoms with van der Waals surface area (Å²) in [5, 5.41) is 10.2. The molecule has 0 aliphatic heterocycles. The number of carboxylic acids is 1. The molecule has 29 heavy (non-hydrogen) atoms. The van der Waals surface area contributed by atoms with E-state index in [1.165, 1.54) is 11.0 Å². The van der Waals surface area contributed by atoms with Crippen LogP contribution in [0.25, 0.3) is 10.9 Å². The minimum absolute atomic E-state index is 0.116. The number of carboxylic acid groups (broad SMARTS) is 1. The molecule has 3 rings (SSSR count). The van der Waals surface area contributed by atoms with Crippen molar-refractivity contribution in [3.63, 3.8) is 0 Å². The first-order valence-electron chi connectivity index (χ1n) is 9.41. The summed E-state index contributed by atoms with van der Waals surface area (Å²) >= 11 is 0. The van der Waals surface area contributed by atoms with E-state index in [0.717, 1.165) is 28.7 Å². The summed E-state index contributed by atoms with van der Waals surface area (Å²) in [6.07, 6.45) is 0. The molecule has 0 aliphatic rings. The summed E-state index contributed by atoms with van der Waals surface area (Å²) in [5.74, 6) is -0.423. The molecule has 2 heterocycles. The third-order valence-electron chi connectivity index (χ3n) is 5.34. The number of benzene rings is 1. The number of carbonyl (C=O) groups excluding carboxylic acids is 1. The number of hydrogen-bond acceptors (Lipinski definition) is 4. The predicted octanol–water partition coefficient (Wildman–Crippen LogP) is 3.78. The van der Waals surface area contributed by atoms with Gasteiger partial charge in [-0.2, -0.15) is 0 Å². The molecular formula is C22H26N2O5. The monoisotopic (exact) mass is 398 g/mol. The standard InChI is InChI=1S/C22H26N2O5/c1-13-14(2)24(8-9-28-5)20-7-6-16(10-18(13)20)21(25)23(4)12-17-11-19(22(26)27)15(3)29-17/h6-7,10-11H,8-9,12H2,1-5H3,(H,26,27). The molecular weight excluding hydrogens is 372 g/mol. The second kappa shape index (κ2) is 8.13. The molecule has 0 spiro atoms. The number of hydrogen-bond donors (Lipinski definition) is 1. The van der Waals surface area contributed by atoms with Crippen molar-refractivity contribution < 1.29 is 23.8 Å². The van der Waals surface area contributed by atoms with Gasteiger partial charge in [-0.1, -0.05) is 0 Å². The van der Waals surface area contributed by atoms with Gasteiger partial charge in [0.1, 0.15) is 17.1 Å². The van der Waals surface area contributed by atoms with E-state index >= 15 is 0 Å². The lowest BCUT2D eigenvalue weighted by Gasteiger charge is -2.16. The molecule has 1 aromatic carbocycles. The maximum absolute atomic E-state index is 12.9. The van der Waals surface area contributed by atoms with Gasteiger partial charge < -0.3 is 23.7 Å². The van der Waals surface area contributed by atoms with Crippen molar-refractivity contribution in [3.8, 4) is 0 Å². The molecule has 1 N–H and O–H groups in total. The highest BCUT2D eigenvalue weighted by molar-refractivity contribution is 5.99. The van der Waals surface area contributed by atoms with Gasteiger partial charge >= 0.3 is 5.97 Å². The van der Waals surface area contributed by atoms with Gasteiger partial charge in [-0.3, -0.25) is 4.79 Å². The zero-order chi connectivity index (χ0) is 21.3. The number of nitrogens with zero attached hydrogens (tertiary/aromatic N) is 2. The quantitative estimate of drug-likeness (QED) is 0.655. The maximum atomic E-state index is 12.9. The van der Waals surface area contributed by atoms with Gasteiger partial charge in [0, 0.05) is 42.9 Å². The van der Waals surface area contributed by atoms with Crippen LogP contribution in [0.2, 0.25) is 0 Å². The Morgan fingerprint density at radius 1 is 1.21 bits per heavy atom. The molecule has 154 valence electrons. The topological polar surface area (TPSA) is 84.9 Å². The van der Waals surface area contributed by atoms with E-state index in [9.17, 15) is 9.59 Å². The normalized spacial score (nSPS) is 11.2. The maximum Gasteiger partial charge on any atom is 0.339 e. The van der Waals surface area contributed by atoms with Crippen molar-refractivity contribution in [1.82, 2.24) is 9.47 Å². The first-order valence-corrected chi connectivity index (χ1v) is 9.41. The number of amides is 1. The number of methoxy groups -OCH3 is 1. The number of aromatic nitrogens is 1. The van der Waals surface area contributed by atoms with E-state index in [1.807, 2.05) is 18.2 Å². The average Bonchev–Trinajstić information content (AvgIpc) is 3.17. The van der Waals surface area contributed by atoms with Crippen molar-refractivity contribution >= 4 is 22.8 Å². The smallest absolute Gasteiger partial charge is 0.339 e. The second-order valence-electron chi connectivity index (χ2n) is 7.24. The molecule has 3 aromatic rings. The van der Waals surface area contributed by atoms with E-state index < -0.39 is 5.97 Å². The molecule has 0 radical (unpaired) electrons. The lowest BCUT2D eigenvalue weighted by molar-refractivity contribution is 0.0694. The number of aromatic carboxylic acids is 1. The fraction of sp³-hybridized carbons (Fsp3) is 0.364. The van der Waals surface area contributed by atoms with Crippen molar-refractivity contribution in [2.45, 2.75) is 33.9 Å². The van der Waals surface area contributed by atoms with E-state index in [-0.39, 0.29) is 18.0 Å². The minimum atomic E-state index is -1.04. The molecule has 0 saturated heterocycles. The zero-order valence-electron chi connectivity index (χ0n) is 17.4. The Kier molecular flexibility index (Phi) is 5.79. The van der Waals surface area contributed by atoms with Crippen LogP contribution in [0, 0.1) is 20.8 Å². The highest BCUT2D eigenvalue weighted by Gasteiger charge is 2.19. The number of furan rings is 1. The highest BCUT2D eigenvalue weighted by atomic mass is 16.5.